The molecule has 30 heavy (non-hydrogen) atoms. The fraction of sp³-hybridized carbons (Fsp3) is 0.217. The Kier molecular flexibility index (Phi) is 6.95. The largest absolute Gasteiger partial charge is 0.478 e. The van der Waals surface area contributed by atoms with E-state index in [0.29, 0.717) is 11.4 Å². The molecule has 0 fully saturated rings. The lowest BCUT2D eigenvalue weighted by Crippen LogP contribution is -2.02. The normalized spacial score (nSPS) is 12.2. The Morgan fingerprint density at radius 1 is 1.07 bits per heavy atom. The Morgan fingerprint density at radius 3 is 2.50 bits per heavy atom. The number of hydrogen-bond acceptors (Lipinski definition) is 4. The number of aromatic carboxylic acids is 1. The summed E-state index contributed by atoms with van der Waals surface area (Å²) >= 11 is 0. The van der Waals surface area contributed by atoms with Gasteiger partial charge in [0.2, 0.25) is 0 Å². The fourth-order valence-corrected chi connectivity index (χ4v) is 3.24. The van der Waals surface area contributed by atoms with E-state index in [1.807, 2.05) is 18.2 Å². The van der Waals surface area contributed by atoms with Crippen molar-refractivity contribution >= 4 is 11.7 Å². The van der Waals surface area contributed by atoms with Crippen LogP contribution in [0, 0.1) is 11.6 Å². The van der Waals surface area contributed by atoms with Crippen molar-refractivity contribution in [3.05, 3.63) is 83.2 Å². The third kappa shape index (κ3) is 5.31. The van der Waals surface area contributed by atoms with Crippen LogP contribution in [0.3, 0.4) is 0 Å². The van der Waals surface area contributed by atoms with Gasteiger partial charge in [-0.15, -0.1) is 0 Å². The first-order chi connectivity index (χ1) is 14.5. The molecular weight excluding hydrogens is 390 g/mol. The van der Waals surface area contributed by atoms with Crippen molar-refractivity contribution in [1.29, 1.82) is 0 Å². The molecule has 0 aliphatic heterocycles. The average Bonchev–Trinajstić information content (AvgIpc) is 2.76. The first-order valence-electron chi connectivity index (χ1n) is 9.57. The van der Waals surface area contributed by atoms with Crippen LogP contribution in [0.2, 0.25) is 0 Å². The highest BCUT2D eigenvalue weighted by Gasteiger charge is 2.12. The van der Waals surface area contributed by atoms with Gasteiger partial charge in [0, 0.05) is 19.3 Å². The summed E-state index contributed by atoms with van der Waals surface area (Å²) < 4.78 is 31.8. The summed E-state index contributed by atoms with van der Waals surface area (Å²) in [4.78, 5) is 14.3. The number of anilines is 1. The van der Waals surface area contributed by atoms with Crippen LogP contribution in [0.25, 0.3) is 0 Å². The number of carbonyl (C=O) groups is 1. The second-order valence-corrected chi connectivity index (χ2v) is 6.79. The number of nitrogens with one attached hydrogen (secondary N) is 1. The lowest BCUT2D eigenvalue weighted by atomic mass is 9.92. The first kappa shape index (κ1) is 21.2. The zero-order valence-corrected chi connectivity index (χ0v) is 16.5. The molecule has 4 rings (SSSR count). The van der Waals surface area contributed by atoms with E-state index in [2.05, 4.69) is 10.3 Å². The molecule has 0 atom stereocenters. The van der Waals surface area contributed by atoms with Gasteiger partial charge in [0.25, 0.3) is 0 Å². The number of rotatable bonds is 4. The van der Waals surface area contributed by atoms with E-state index in [0.717, 1.165) is 18.9 Å². The lowest BCUT2D eigenvalue weighted by molar-refractivity contribution is 0.0698. The quantitative estimate of drug-likeness (QED) is 0.596. The fourth-order valence-electron chi connectivity index (χ4n) is 3.24. The first-order valence-corrected chi connectivity index (χ1v) is 9.57. The molecule has 2 N–H and O–H groups in total. The van der Waals surface area contributed by atoms with E-state index in [1.54, 1.807) is 7.05 Å². The number of carboxylic acid groups (broad SMARTS) is 1. The molecule has 0 saturated heterocycles. The van der Waals surface area contributed by atoms with Crippen molar-refractivity contribution in [2.24, 2.45) is 0 Å². The molecule has 2 aromatic carbocycles. The third-order valence-electron chi connectivity index (χ3n) is 4.76. The van der Waals surface area contributed by atoms with Crippen LogP contribution >= 0.6 is 0 Å². The number of aromatic nitrogens is 1. The van der Waals surface area contributed by atoms with Crippen LogP contribution in [-0.2, 0) is 12.8 Å². The topological polar surface area (TPSA) is 71.5 Å². The molecule has 1 aromatic heterocycles. The highest BCUT2D eigenvalue weighted by Crippen LogP contribution is 2.29. The molecule has 1 heterocycles. The molecular formula is C23H22F2N2O3. The number of ether oxygens (including phenoxy) is 1. The maximum absolute atomic E-state index is 13.5. The molecule has 0 amide bonds. The number of halogens is 2. The molecule has 1 aliphatic carbocycles. The summed E-state index contributed by atoms with van der Waals surface area (Å²) in [5.41, 5.74) is 3.38. The second kappa shape index (κ2) is 9.82. The van der Waals surface area contributed by atoms with E-state index < -0.39 is 17.6 Å². The summed E-state index contributed by atoms with van der Waals surface area (Å²) in [6, 6.07) is 10.6. The van der Waals surface area contributed by atoms with Gasteiger partial charge in [-0.3, -0.25) is 4.98 Å². The summed E-state index contributed by atoms with van der Waals surface area (Å²) in [5, 5.41) is 11.4. The monoisotopic (exact) mass is 412 g/mol. The molecule has 3 aromatic rings. The second-order valence-electron chi connectivity index (χ2n) is 6.79. The average molecular weight is 412 g/mol. The van der Waals surface area contributed by atoms with Gasteiger partial charge in [-0.1, -0.05) is 6.07 Å². The minimum absolute atomic E-state index is 0.0529. The Morgan fingerprint density at radius 2 is 1.83 bits per heavy atom. The number of nitrogens with zero attached hydrogens (tertiary/aromatic N) is 1. The smallest absolute Gasteiger partial charge is 0.337 e. The molecule has 0 spiro atoms. The summed E-state index contributed by atoms with van der Waals surface area (Å²) in [6.45, 7) is 0. The number of aryl methyl sites for hydroxylation is 2. The molecule has 1 aliphatic rings. The zero-order valence-electron chi connectivity index (χ0n) is 16.5. The van der Waals surface area contributed by atoms with E-state index in [4.69, 9.17) is 9.84 Å². The Labute approximate surface area is 173 Å². The van der Waals surface area contributed by atoms with E-state index >= 15 is 0 Å². The lowest BCUT2D eigenvalue weighted by Gasteiger charge is -2.16. The number of fused-ring (bicyclic) bond motifs is 1. The van der Waals surface area contributed by atoms with Crippen LogP contribution in [0.5, 0.6) is 11.5 Å². The van der Waals surface area contributed by atoms with Gasteiger partial charge in [-0.2, -0.15) is 0 Å². The van der Waals surface area contributed by atoms with Gasteiger partial charge >= 0.3 is 5.97 Å². The van der Waals surface area contributed by atoms with Crippen molar-refractivity contribution in [2.45, 2.75) is 25.7 Å². The molecule has 7 heteroatoms. The van der Waals surface area contributed by atoms with E-state index in [1.165, 1.54) is 54.6 Å². The Bertz CT molecular complexity index is 1040. The maximum atomic E-state index is 13.5. The molecule has 0 radical (unpaired) electrons. The van der Waals surface area contributed by atoms with Gasteiger partial charge in [-0.25, -0.2) is 13.6 Å². The summed E-state index contributed by atoms with van der Waals surface area (Å²) in [6.07, 6.45) is 7.47. The van der Waals surface area contributed by atoms with Crippen molar-refractivity contribution < 1.29 is 23.4 Å². The zero-order chi connectivity index (χ0) is 21.5. The number of carboxylic acids is 1. The SMILES string of the molecule is CNc1cnccc1C(=O)O.Fc1ccc(Oc2ccc3c(c2)CCCC3)c(F)c1. The predicted octanol–water partition coefficient (Wildman–Crippen LogP) is 5.46. The molecule has 156 valence electrons. The van der Waals surface area contributed by atoms with E-state index in [9.17, 15) is 13.6 Å². The summed E-state index contributed by atoms with van der Waals surface area (Å²) in [7, 11) is 1.66. The molecule has 0 unspecified atom stereocenters. The Hall–Kier alpha value is -3.48. The predicted molar refractivity (Wildman–Crippen MR) is 110 cm³/mol. The van der Waals surface area contributed by atoms with Crippen molar-refractivity contribution in [3.8, 4) is 11.5 Å². The van der Waals surface area contributed by atoms with Gasteiger partial charge in [0.1, 0.15) is 11.6 Å². The van der Waals surface area contributed by atoms with Crippen LogP contribution < -0.4 is 10.1 Å². The minimum Gasteiger partial charge on any atom is -0.478 e. The van der Waals surface area contributed by atoms with Crippen LogP contribution in [0.15, 0.2) is 54.9 Å². The summed E-state index contributed by atoms with van der Waals surface area (Å²) in [5.74, 6) is -1.58. The van der Waals surface area contributed by atoms with E-state index in [-0.39, 0.29) is 11.3 Å². The van der Waals surface area contributed by atoms with Crippen LogP contribution in [0.4, 0.5) is 14.5 Å². The maximum Gasteiger partial charge on any atom is 0.337 e. The minimum atomic E-state index is -0.947. The number of hydrogen-bond donors (Lipinski definition) is 2. The number of benzene rings is 2. The van der Waals surface area contributed by atoms with Crippen molar-refractivity contribution in [1.82, 2.24) is 4.98 Å². The van der Waals surface area contributed by atoms with Gasteiger partial charge in [0.15, 0.2) is 11.6 Å². The van der Waals surface area contributed by atoms with Crippen molar-refractivity contribution in [3.63, 3.8) is 0 Å². The van der Waals surface area contributed by atoms with Gasteiger partial charge in [0.05, 0.1) is 17.4 Å². The van der Waals surface area contributed by atoms with Crippen LogP contribution in [0.1, 0.15) is 34.3 Å². The third-order valence-corrected chi connectivity index (χ3v) is 4.76. The van der Waals surface area contributed by atoms with Crippen molar-refractivity contribution in [2.75, 3.05) is 12.4 Å². The van der Waals surface area contributed by atoms with Crippen LogP contribution in [-0.4, -0.2) is 23.1 Å². The standard InChI is InChI=1S/C16H14F2O.C7H8N2O2/c17-13-6-8-16(15(18)10-13)19-14-7-5-11-3-1-2-4-12(11)9-14;1-8-6-4-9-3-2-5(6)7(10)11/h5-10H,1-4H2;2-4,8H,1H3,(H,10,11). The molecule has 5 nitrogen and oxygen atoms in total. The van der Waals surface area contributed by atoms with Gasteiger partial charge < -0.3 is 15.2 Å². The molecule has 0 saturated carbocycles. The highest BCUT2D eigenvalue weighted by molar-refractivity contribution is 5.93. The number of pyridine rings is 1. The van der Waals surface area contributed by atoms with Gasteiger partial charge in [-0.05, 0) is 67.1 Å². The molecule has 0 bridgehead atoms. The Balaban J connectivity index is 0.000000199. The highest BCUT2D eigenvalue weighted by atomic mass is 19.1.